The van der Waals surface area contributed by atoms with Crippen LogP contribution >= 0.6 is 0 Å². The summed E-state index contributed by atoms with van der Waals surface area (Å²) in [7, 11) is 0. The summed E-state index contributed by atoms with van der Waals surface area (Å²) in [5, 5.41) is 0. The van der Waals surface area contributed by atoms with Crippen LogP contribution in [-0.4, -0.2) is 47.7 Å². The largest absolute Gasteiger partial charge is 0.492 e. The van der Waals surface area contributed by atoms with Crippen LogP contribution in [0.15, 0.2) is 47.3 Å². The number of likely N-dealkylation sites (tertiary alicyclic amines) is 1. The van der Waals surface area contributed by atoms with Crippen LogP contribution in [0.25, 0.3) is 0 Å². The second kappa shape index (κ2) is 8.13. The molecule has 2 aliphatic heterocycles. The highest BCUT2D eigenvalue weighted by molar-refractivity contribution is 5.91. The monoisotopic (exact) mass is 370 g/mol. The zero-order valence-electron chi connectivity index (χ0n) is 15.5. The molecule has 2 aromatic rings. The van der Waals surface area contributed by atoms with Crippen molar-refractivity contribution in [1.82, 2.24) is 9.88 Å². The lowest BCUT2D eigenvalue weighted by Gasteiger charge is -2.46. The topological polar surface area (TPSA) is 64.8 Å². The summed E-state index contributed by atoms with van der Waals surface area (Å²) in [6.07, 6.45) is 9.96. The number of rotatable bonds is 5. The van der Waals surface area contributed by atoms with Crippen LogP contribution in [0.3, 0.4) is 0 Å². The van der Waals surface area contributed by atoms with Gasteiger partial charge in [-0.25, -0.2) is 0 Å². The first-order chi connectivity index (χ1) is 13.2. The summed E-state index contributed by atoms with van der Waals surface area (Å²) in [5.41, 5.74) is -0.0861. The van der Waals surface area contributed by atoms with Gasteiger partial charge in [-0.2, -0.15) is 0 Å². The van der Waals surface area contributed by atoms with Crippen LogP contribution in [0.5, 0.6) is 5.75 Å². The molecule has 6 heteroatoms. The zero-order valence-corrected chi connectivity index (χ0v) is 15.5. The second-order valence-corrected chi connectivity index (χ2v) is 7.49. The van der Waals surface area contributed by atoms with Crippen molar-refractivity contribution in [2.24, 2.45) is 5.92 Å². The molecule has 6 nitrogen and oxygen atoms in total. The predicted octanol–water partition coefficient (Wildman–Crippen LogP) is 3.55. The maximum absolute atomic E-state index is 12.4. The fraction of sp³-hybridized carbons (Fsp3) is 0.524. The number of ether oxygens (including phenoxy) is 2. The molecule has 0 radical (unpaired) electrons. The third-order valence-electron chi connectivity index (χ3n) is 5.72. The number of aromatic nitrogens is 1. The summed E-state index contributed by atoms with van der Waals surface area (Å²) >= 11 is 0. The van der Waals surface area contributed by atoms with Crippen molar-refractivity contribution in [2.45, 2.75) is 37.7 Å². The molecule has 0 bridgehead atoms. The Labute approximate surface area is 159 Å². The number of nitrogens with zero attached hydrogens (tertiary/aromatic N) is 2. The Kier molecular flexibility index (Phi) is 5.43. The lowest BCUT2D eigenvalue weighted by Crippen LogP contribution is -2.50. The van der Waals surface area contributed by atoms with Crippen LogP contribution in [-0.2, 0) is 4.74 Å². The summed E-state index contributed by atoms with van der Waals surface area (Å²) in [5.74, 6) is 1.82. The van der Waals surface area contributed by atoms with Gasteiger partial charge >= 0.3 is 0 Å². The van der Waals surface area contributed by atoms with E-state index in [1.807, 2.05) is 17.0 Å². The third kappa shape index (κ3) is 4.33. The van der Waals surface area contributed by atoms with E-state index in [1.165, 1.54) is 0 Å². The molecule has 1 spiro atoms. The SMILES string of the molecule is O=C(c1ccco1)N1CCC2(CC1)CC(CCOc1cccnc1)CCO2. The molecule has 27 heavy (non-hydrogen) atoms. The maximum Gasteiger partial charge on any atom is 0.289 e. The highest BCUT2D eigenvalue weighted by atomic mass is 16.5. The molecule has 1 atom stereocenters. The van der Waals surface area contributed by atoms with Crippen molar-refractivity contribution in [2.75, 3.05) is 26.3 Å². The van der Waals surface area contributed by atoms with E-state index in [2.05, 4.69) is 4.98 Å². The molecular formula is C21H26N2O4. The first-order valence-electron chi connectivity index (χ1n) is 9.74. The van der Waals surface area contributed by atoms with Gasteiger partial charge < -0.3 is 18.8 Å². The van der Waals surface area contributed by atoms with Crippen LogP contribution in [0.1, 0.15) is 42.7 Å². The molecule has 1 amide bonds. The zero-order chi connectivity index (χ0) is 18.5. The average Bonchev–Trinajstić information content (AvgIpc) is 3.24. The molecule has 2 saturated heterocycles. The van der Waals surface area contributed by atoms with E-state index >= 15 is 0 Å². The first-order valence-corrected chi connectivity index (χ1v) is 9.74. The quantitative estimate of drug-likeness (QED) is 0.805. The highest BCUT2D eigenvalue weighted by Gasteiger charge is 2.41. The molecule has 1 unspecified atom stereocenters. The lowest BCUT2D eigenvalue weighted by molar-refractivity contribution is -0.125. The Morgan fingerprint density at radius 3 is 2.93 bits per heavy atom. The number of hydrogen-bond acceptors (Lipinski definition) is 5. The molecular weight excluding hydrogens is 344 g/mol. The molecule has 2 aliphatic rings. The van der Waals surface area contributed by atoms with Gasteiger partial charge in [0.25, 0.3) is 5.91 Å². The van der Waals surface area contributed by atoms with Gasteiger partial charge in [0, 0.05) is 25.9 Å². The van der Waals surface area contributed by atoms with E-state index < -0.39 is 0 Å². The fourth-order valence-corrected chi connectivity index (χ4v) is 4.17. The number of furan rings is 1. The van der Waals surface area contributed by atoms with E-state index in [9.17, 15) is 4.79 Å². The Balaban J connectivity index is 1.26. The molecule has 0 saturated carbocycles. The van der Waals surface area contributed by atoms with Gasteiger partial charge in [-0.1, -0.05) is 0 Å². The van der Waals surface area contributed by atoms with Crippen molar-refractivity contribution >= 4 is 5.91 Å². The van der Waals surface area contributed by atoms with E-state index in [4.69, 9.17) is 13.9 Å². The number of piperidine rings is 1. The van der Waals surface area contributed by atoms with Gasteiger partial charge in [0.1, 0.15) is 5.75 Å². The van der Waals surface area contributed by atoms with E-state index in [0.29, 0.717) is 18.3 Å². The minimum atomic E-state index is -0.0861. The van der Waals surface area contributed by atoms with Gasteiger partial charge in [0.05, 0.1) is 24.7 Å². The van der Waals surface area contributed by atoms with Gasteiger partial charge in [-0.05, 0) is 62.3 Å². The number of pyridine rings is 1. The minimum absolute atomic E-state index is 0.0212. The maximum atomic E-state index is 12.4. The number of carbonyl (C=O) groups is 1. The molecule has 144 valence electrons. The molecule has 0 N–H and O–H groups in total. The minimum Gasteiger partial charge on any atom is -0.492 e. The van der Waals surface area contributed by atoms with Gasteiger partial charge in [0.15, 0.2) is 5.76 Å². The molecule has 0 aromatic carbocycles. The fourth-order valence-electron chi connectivity index (χ4n) is 4.17. The van der Waals surface area contributed by atoms with Crippen LogP contribution < -0.4 is 4.74 Å². The molecule has 4 rings (SSSR count). The van der Waals surface area contributed by atoms with E-state index in [0.717, 1.165) is 57.6 Å². The summed E-state index contributed by atoms with van der Waals surface area (Å²) in [6.45, 7) is 2.94. The summed E-state index contributed by atoms with van der Waals surface area (Å²) < 4.78 is 17.3. The first kappa shape index (κ1) is 18.0. The Hall–Kier alpha value is -2.34. The Bertz CT molecular complexity index is 724. The highest BCUT2D eigenvalue weighted by Crippen LogP contribution is 2.39. The predicted molar refractivity (Wildman–Crippen MR) is 99.6 cm³/mol. The Morgan fingerprint density at radius 2 is 2.19 bits per heavy atom. The van der Waals surface area contributed by atoms with Crippen molar-refractivity contribution in [3.8, 4) is 5.75 Å². The van der Waals surface area contributed by atoms with E-state index in [1.54, 1.807) is 30.8 Å². The van der Waals surface area contributed by atoms with Crippen LogP contribution in [0.2, 0.25) is 0 Å². The van der Waals surface area contributed by atoms with Gasteiger partial charge in [-0.15, -0.1) is 0 Å². The lowest BCUT2D eigenvalue weighted by atomic mass is 9.78. The van der Waals surface area contributed by atoms with Crippen molar-refractivity contribution in [3.05, 3.63) is 48.7 Å². The van der Waals surface area contributed by atoms with Gasteiger partial charge in [0.2, 0.25) is 0 Å². The molecule has 0 aliphatic carbocycles. The van der Waals surface area contributed by atoms with Crippen LogP contribution in [0, 0.1) is 5.92 Å². The summed E-state index contributed by atoms with van der Waals surface area (Å²) in [6, 6.07) is 7.30. The standard InChI is InChI=1S/C21H26N2O4/c24-20(19-4-2-12-26-19)23-10-7-21(8-11-23)15-17(6-14-27-21)5-13-25-18-3-1-9-22-16-18/h1-4,9,12,16-17H,5-8,10-11,13-15H2. The van der Waals surface area contributed by atoms with Crippen molar-refractivity contribution < 1.29 is 18.7 Å². The summed E-state index contributed by atoms with van der Waals surface area (Å²) in [4.78, 5) is 18.4. The normalized spacial score (nSPS) is 21.9. The van der Waals surface area contributed by atoms with Crippen molar-refractivity contribution in [3.63, 3.8) is 0 Å². The van der Waals surface area contributed by atoms with Crippen LogP contribution in [0.4, 0.5) is 0 Å². The number of amides is 1. The molecule has 2 aromatic heterocycles. The smallest absolute Gasteiger partial charge is 0.289 e. The average molecular weight is 370 g/mol. The van der Waals surface area contributed by atoms with E-state index in [-0.39, 0.29) is 11.5 Å². The number of hydrogen-bond donors (Lipinski definition) is 0. The second-order valence-electron chi connectivity index (χ2n) is 7.49. The third-order valence-corrected chi connectivity index (χ3v) is 5.72. The Morgan fingerprint density at radius 1 is 1.30 bits per heavy atom. The molecule has 4 heterocycles. The van der Waals surface area contributed by atoms with Gasteiger partial charge in [-0.3, -0.25) is 9.78 Å². The van der Waals surface area contributed by atoms with Crippen molar-refractivity contribution in [1.29, 1.82) is 0 Å². The number of carbonyl (C=O) groups excluding carboxylic acids is 1. The molecule has 2 fully saturated rings.